The van der Waals surface area contributed by atoms with Crippen LogP contribution in [0.25, 0.3) is 0 Å². The van der Waals surface area contributed by atoms with Crippen molar-refractivity contribution in [1.29, 1.82) is 0 Å². The minimum Gasteiger partial charge on any atom is -0.344 e. The van der Waals surface area contributed by atoms with Crippen LogP contribution >= 0.6 is 23.4 Å². The van der Waals surface area contributed by atoms with Gasteiger partial charge in [-0.2, -0.15) is 0 Å². The molecular weight excluding hydrogens is 386 g/mol. The first-order chi connectivity index (χ1) is 13.0. The Labute approximate surface area is 166 Å². The van der Waals surface area contributed by atoms with E-state index < -0.39 is 17.7 Å². The quantitative estimate of drug-likeness (QED) is 0.490. The number of benzene rings is 2. The number of carbonyl (C=O) groups is 3. The molecule has 0 saturated carbocycles. The van der Waals surface area contributed by atoms with Gasteiger partial charge < -0.3 is 16.0 Å². The Morgan fingerprint density at radius 2 is 1.67 bits per heavy atom. The van der Waals surface area contributed by atoms with Gasteiger partial charge in [0.1, 0.15) is 0 Å². The lowest BCUT2D eigenvalue weighted by Gasteiger charge is -2.11. The highest BCUT2D eigenvalue weighted by molar-refractivity contribution is 7.99. The number of carbonyl (C=O) groups excluding carboxylic acids is 3. The van der Waals surface area contributed by atoms with Gasteiger partial charge in [-0.05, 0) is 36.4 Å². The maximum atomic E-state index is 12.1. The van der Waals surface area contributed by atoms with Gasteiger partial charge in [0.15, 0.2) is 0 Å². The zero-order chi connectivity index (χ0) is 19.6. The fraction of sp³-hybridized carbons (Fsp3) is 0.105. The van der Waals surface area contributed by atoms with Crippen molar-refractivity contribution in [2.75, 3.05) is 18.4 Å². The van der Waals surface area contributed by atoms with Crippen LogP contribution in [-0.4, -0.2) is 30.8 Å². The van der Waals surface area contributed by atoms with Crippen LogP contribution in [0.15, 0.2) is 71.0 Å². The number of hydrogen-bond donors (Lipinski definition) is 3. The van der Waals surface area contributed by atoms with E-state index in [4.69, 9.17) is 11.6 Å². The highest BCUT2D eigenvalue weighted by atomic mass is 35.5. The minimum absolute atomic E-state index is 0.174. The summed E-state index contributed by atoms with van der Waals surface area (Å²) in [6.45, 7) is 3.29. The van der Waals surface area contributed by atoms with Gasteiger partial charge in [-0.3, -0.25) is 14.4 Å². The van der Waals surface area contributed by atoms with Gasteiger partial charge in [-0.25, -0.2) is 0 Å². The number of hydrogen-bond acceptors (Lipinski definition) is 4. The summed E-state index contributed by atoms with van der Waals surface area (Å²) in [5, 5.41) is 7.98. The first kappa shape index (κ1) is 20.5. The van der Waals surface area contributed by atoms with E-state index in [0.717, 1.165) is 9.79 Å². The first-order valence-electron chi connectivity index (χ1n) is 7.99. The molecule has 0 heterocycles. The summed E-state index contributed by atoms with van der Waals surface area (Å²) in [4.78, 5) is 36.9. The van der Waals surface area contributed by atoms with E-state index in [1.165, 1.54) is 17.8 Å². The van der Waals surface area contributed by atoms with Crippen molar-refractivity contribution < 1.29 is 14.4 Å². The lowest BCUT2D eigenvalue weighted by atomic mass is 10.3. The number of amides is 3. The Bertz CT molecular complexity index is 840. The van der Waals surface area contributed by atoms with E-state index in [2.05, 4.69) is 22.5 Å². The highest BCUT2D eigenvalue weighted by Gasteiger charge is 2.14. The van der Waals surface area contributed by atoms with Crippen LogP contribution in [0.4, 0.5) is 5.69 Å². The summed E-state index contributed by atoms with van der Waals surface area (Å²) >= 11 is 7.36. The maximum absolute atomic E-state index is 12.1. The fourth-order valence-electron chi connectivity index (χ4n) is 1.97. The Kier molecular flexibility index (Phi) is 7.91. The molecule has 2 aromatic rings. The van der Waals surface area contributed by atoms with Crippen LogP contribution in [0.3, 0.4) is 0 Å². The molecule has 0 saturated heterocycles. The molecule has 0 radical (unpaired) electrons. The normalized spacial score (nSPS) is 9.96. The van der Waals surface area contributed by atoms with Crippen LogP contribution in [0.2, 0.25) is 5.02 Å². The molecule has 3 amide bonds. The van der Waals surface area contributed by atoms with Gasteiger partial charge in [-0.15, -0.1) is 6.58 Å². The predicted molar refractivity (Wildman–Crippen MR) is 107 cm³/mol. The molecule has 3 N–H and O–H groups in total. The molecule has 0 aliphatic carbocycles. The Balaban J connectivity index is 1.93. The van der Waals surface area contributed by atoms with Crippen molar-refractivity contribution in [3.63, 3.8) is 0 Å². The molecule has 27 heavy (non-hydrogen) atoms. The number of nitrogens with one attached hydrogen (secondary N) is 3. The lowest BCUT2D eigenvalue weighted by molar-refractivity contribution is -0.139. The van der Waals surface area contributed by atoms with Gasteiger partial charge in [0.05, 0.1) is 12.2 Å². The summed E-state index contributed by atoms with van der Waals surface area (Å²) in [6.07, 6.45) is 1.45. The minimum atomic E-state index is -0.879. The maximum Gasteiger partial charge on any atom is 0.309 e. The van der Waals surface area contributed by atoms with Crippen LogP contribution in [0.5, 0.6) is 0 Å². The Hall–Kier alpha value is -2.77. The molecule has 0 bridgehead atoms. The number of para-hydroxylation sites is 1. The molecule has 6 nitrogen and oxygen atoms in total. The average molecular weight is 404 g/mol. The average Bonchev–Trinajstić information content (AvgIpc) is 2.67. The third-order valence-corrected chi connectivity index (χ3v) is 4.56. The second-order valence-electron chi connectivity index (χ2n) is 5.28. The van der Waals surface area contributed by atoms with Crippen LogP contribution < -0.4 is 16.0 Å². The molecule has 0 aromatic heterocycles. The summed E-state index contributed by atoms with van der Waals surface area (Å²) in [7, 11) is 0. The number of halogens is 1. The van der Waals surface area contributed by atoms with Crippen molar-refractivity contribution in [3.8, 4) is 0 Å². The summed E-state index contributed by atoms with van der Waals surface area (Å²) in [5.74, 6) is -2.14. The summed E-state index contributed by atoms with van der Waals surface area (Å²) in [5.41, 5.74) is 0.604. The highest BCUT2D eigenvalue weighted by Crippen LogP contribution is 2.33. The SMILES string of the molecule is C=CCNC(=O)C(=O)NCC(=O)Nc1ccccc1Sc1ccc(Cl)cc1. The fourth-order valence-corrected chi connectivity index (χ4v) is 3.00. The molecule has 0 aliphatic rings. The molecular formula is C19H18ClN3O3S. The van der Waals surface area contributed by atoms with Gasteiger partial charge in [0, 0.05) is 21.4 Å². The summed E-state index contributed by atoms with van der Waals surface area (Å²) in [6, 6.07) is 14.6. The van der Waals surface area contributed by atoms with Gasteiger partial charge in [0.25, 0.3) is 0 Å². The lowest BCUT2D eigenvalue weighted by Crippen LogP contribution is -2.42. The second kappa shape index (κ2) is 10.4. The molecule has 2 rings (SSSR count). The van der Waals surface area contributed by atoms with E-state index in [1.807, 2.05) is 24.3 Å². The van der Waals surface area contributed by atoms with Gasteiger partial charge in [-0.1, -0.05) is 41.6 Å². The summed E-state index contributed by atoms with van der Waals surface area (Å²) < 4.78 is 0. The third kappa shape index (κ3) is 6.80. The second-order valence-corrected chi connectivity index (χ2v) is 6.83. The number of anilines is 1. The Morgan fingerprint density at radius 3 is 2.37 bits per heavy atom. The molecule has 0 unspecified atom stereocenters. The van der Waals surface area contributed by atoms with Crippen molar-refractivity contribution in [2.24, 2.45) is 0 Å². The largest absolute Gasteiger partial charge is 0.344 e. The Morgan fingerprint density at radius 1 is 1.00 bits per heavy atom. The third-order valence-electron chi connectivity index (χ3n) is 3.23. The van der Waals surface area contributed by atoms with Gasteiger partial charge >= 0.3 is 11.8 Å². The molecule has 8 heteroatoms. The molecule has 0 aliphatic heterocycles. The zero-order valence-electron chi connectivity index (χ0n) is 14.3. The molecule has 140 valence electrons. The van der Waals surface area contributed by atoms with E-state index in [0.29, 0.717) is 10.7 Å². The van der Waals surface area contributed by atoms with Gasteiger partial charge in [0.2, 0.25) is 5.91 Å². The van der Waals surface area contributed by atoms with Crippen molar-refractivity contribution in [1.82, 2.24) is 10.6 Å². The van der Waals surface area contributed by atoms with Crippen LogP contribution in [0.1, 0.15) is 0 Å². The first-order valence-corrected chi connectivity index (χ1v) is 9.18. The molecule has 2 aromatic carbocycles. The standard InChI is InChI=1S/C19H18ClN3O3S/c1-2-11-21-18(25)19(26)22-12-17(24)23-15-5-3-4-6-16(15)27-14-9-7-13(20)8-10-14/h2-10H,1,11-12H2,(H,21,25)(H,22,26)(H,23,24). The van der Waals surface area contributed by atoms with E-state index >= 15 is 0 Å². The van der Waals surface area contributed by atoms with Crippen molar-refractivity contribution in [2.45, 2.75) is 9.79 Å². The smallest absolute Gasteiger partial charge is 0.309 e. The van der Waals surface area contributed by atoms with E-state index in [9.17, 15) is 14.4 Å². The van der Waals surface area contributed by atoms with E-state index in [1.54, 1.807) is 24.3 Å². The van der Waals surface area contributed by atoms with Crippen LogP contribution in [-0.2, 0) is 14.4 Å². The van der Waals surface area contributed by atoms with Crippen LogP contribution in [0, 0.1) is 0 Å². The molecule has 0 spiro atoms. The van der Waals surface area contributed by atoms with Crippen molar-refractivity contribution >= 4 is 46.8 Å². The van der Waals surface area contributed by atoms with E-state index in [-0.39, 0.29) is 13.1 Å². The molecule has 0 atom stereocenters. The molecule has 0 fully saturated rings. The predicted octanol–water partition coefficient (Wildman–Crippen LogP) is 2.85. The number of rotatable bonds is 7. The zero-order valence-corrected chi connectivity index (χ0v) is 15.9. The topological polar surface area (TPSA) is 87.3 Å². The monoisotopic (exact) mass is 403 g/mol. The van der Waals surface area contributed by atoms with Crippen molar-refractivity contribution in [3.05, 3.63) is 66.2 Å².